The molecule has 0 radical (unpaired) electrons. The SMILES string of the molecule is Cc1cc(C)nc(N2CCNCC2C(F)(F)F)n1. The van der Waals surface area contributed by atoms with Crippen molar-refractivity contribution in [1.29, 1.82) is 0 Å². The Hall–Kier alpha value is -1.37. The molecule has 1 aromatic rings. The van der Waals surface area contributed by atoms with Gasteiger partial charge in [-0.05, 0) is 19.9 Å². The Morgan fingerprint density at radius 1 is 1.28 bits per heavy atom. The lowest BCUT2D eigenvalue weighted by molar-refractivity contribution is -0.149. The van der Waals surface area contributed by atoms with Crippen LogP contribution in [0.1, 0.15) is 11.4 Å². The highest BCUT2D eigenvalue weighted by Gasteiger charge is 2.45. The summed E-state index contributed by atoms with van der Waals surface area (Å²) in [5.41, 5.74) is 1.36. The van der Waals surface area contributed by atoms with Gasteiger partial charge in [-0.2, -0.15) is 13.2 Å². The highest BCUT2D eigenvalue weighted by Crippen LogP contribution is 2.28. The lowest BCUT2D eigenvalue weighted by atomic mass is 10.2. The summed E-state index contributed by atoms with van der Waals surface area (Å²) in [6.07, 6.45) is -4.28. The Bertz CT molecular complexity index is 413. The molecule has 0 aromatic carbocycles. The van der Waals surface area contributed by atoms with E-state index in [4.69, 9.17) is 0 Å². The van der Waals surface area contributed by atoms with Crippen molar-refractivity contribution in [3.8, 4) is 0 Å². The quantitative estimate of drug-likeness (QED) is 0.829. The van der Waals surface area contributed by atoms with Crippen LogP contribution in [0.5, 0.6) is 0 Å². The van der Waals surface area contributed by atoms with Crippen LogP contribution in [-0.2, 0) is 0 Å². The van der Waals surface area contributed by atoms with Crippen molar-refractivity contribution in [3.63, 3.8) is 0 Å². The van der Waals surface area contributed by atoms with Crippen LogP contribution in [-0.4, -0.2) is 41.8 Å². The zero-order chi connectivity index (χ0) is 13.3. The number of nitrogens with one attached hydrogen (secondary N) is 1. The van der Waals surface area contributed by atoms with E-state index >= 15 is 0 Å². The maximum atomic E-state index is 12.9. The monoisotopic (exact) mass is 260 g/mol. The number of halogens is 3. The summed E-state index contributed by atoms with van der Waals surface area (Å²) in [6.45, 7) is 4.14. The first-order valence-electron chi connectivity index (χ1n) is 5.74. The molecule has 1 aliphatic heterocycles. The Morgan fingerprint density at radius 3 is 2.44 bits per heavy atom. The summed E-state index contributed by atoms with van der Waals surface area (Å²) < 4.78 is 38.8. The molecule has 0 bridgehead atoms. The predicted molar refractivity (Wildman–Crippen MR) is 61.6 cm³/mol. The van der Waals surface area contributed by atoms with Gasteiger partial charge >= 0.3 is 6.18 Å². The number of hydrogen-bond donors (Lipinski definition) is 1. The molecule has 1 unspecified atom stereocenters. The summed E-state index contributed by atoms with van der Waals surface area (Å²) in [4.78, 5) is 9.45. The van der Waals surface area contributed by atoms with E-state index in [-0.39, 0.29) is 19.0 Å². The van der Waals surface area contributed by atoms with E-state index in [9.17, 15) is 13.2 Å². The van der Waals surface area contributed by atoms with Gasteiger partial charge in [0, 0.05) is 31.0 Å². The van der Waals surface area contributed by atoms with Gasteiger partial charge in [-0.25, -0.2) is 9.97 Å². The second-order valence-electron chi connectivity index (χ2n) is 4.41. The summed E-state index contributed by atoms with van der Waals surface area (Å²) >= 11 is 0. The third kappa shape index (κ3) is 2.72. The third-order valence-electron chi connectivity index (χ3n) is 2.85. The van der Waals surface area contributed by atoms with Crippen LogP contribution in [0.3, 0.4) is 0 Å². The zero-order valence-corrected chi connectivity index (χ0v) is 10.3. The number of aromatic nitrogens is 2. The van der Waals surface area contributed by atoms with E-state index in [1.54, 1.807) is 19.9 Å². The average Bonchev–Trinajstić information content (AvgIpc) is 2.26. The smallest absolute Gasteiger partial charge is 0.326 e. The van der Waals surface area contributed by atoms with Gasteiger partial charge in [-0.1, -0.05) is 0 Å². The standard InChI is InChI=1S/C11H15F3N4/c1-7-5-8(2)17-10(16-7)18-4-3-15-6-9(18)11(12,13)14/h5,9,15H,3-4,6H2,1-2H3. The molecular formula is C11H15F3N4. The molecular weight excluding hydrogens is 245 g/mol. The molecule has 0 amide bonds. The van der Waals surface area contributed by atoms with Crippen LogP contribution >= 0.6 is 0 Å². The van der Waals surface area contributed by atoms with Crippen molar-refractivity contribution in [3.05, 3.63) is 17.5 Å². The van der Waals surface area contributed by atoms with Gasteiger partial charge in [0.15, 0.2) is 0 Å². The van der Waals surface area contributed by atoms with Gasteiger partial charge in [0.25, 0.3) is 0 Å². The molecule has 1 aromatic heterocycles. The average molecular weight is 260 g/mol. The van der Waals surface area contributed by atoms with Crippen LogP contribution < -0.4 is 10.2 Å². The number of aryl methyl sites for hydroxylation is 2. The largest absolute Gasteiger partial charge is 0.410 e. The molecule has 1 aliphatic rings. The summed E-state index contributed by atoms with van der Waals surface area (Å²) in [5.74, 6) is 0.163. The lowest BCUT2D eigenvalue weighted by Gasteiger charge is -2.37. The third-order valence-corrected chi connectivity index (χ3v) is 2.85. The van der Waals surface area contributed by atoms with Crippen molar-refractivity contribution in [2.45, 2.75) is 26.1 Å². The topological polar surface area (TPSA) is 41.1 Å². The summed E-state index contributed by atoms with van der Waals surface area (Å²) in [5, 5.41) is 2.75. The molecule has 1 saturated heterocycles. The van der Waals surface area contributed by atoms with Crippen LogP contribution in [0.2, 0.25) is 0 Å². The Kier molecular flexibility index (Phi) is 3.43. The molecule has 0 aliphatic carbocycles. The zero-order valence-electron chi connectivity index (χ0n) is 10.3. The first-order valence-corrected chi connectivity index (χ1v) is 5.74. The van der Waals surface area contributed by atoms with Gasteiger partial charge in [0.2, 0.25) is 5.95 Å². The summed E-state index contributed by atoms with van der Waals surface area (Å²) in [6, 6.07) is 0.182. The van der Waals surface area contributed by atoms with Crippen LogP contribution in [0.15, 0.2) is 6.07 Å². The minimum atomic E-state index is -4.28. The Morgan fingerprint density at radius 2 is 1.89 bits per heavy atom. The summed E-state index contributed by atoms with van der Waals surface area (Å²) in [7, 11) is 0. The Balaban J connectivity index is 2.33. The molecule has 0 saturated carbocycles. The van der Waals surface area contributed by atoms with Crippen molar-refractivity contribution < 1.29 is 13.2 Å². The first kappa shape index (κ1) is 13.1. The lowest BCUT2D eigenvalue weighted by Crippen LogP contribution is -2.58. The van der Waals surface area contributed by atoms with Gasteiger partial charge in [-0.3, -0.25) is 0 Å². The van der Waals surface area contributed by atoms with Gasteiger partial charge < -0.3 is 10.2 Å². The molecule has 2 heterocycles. The molecule has 1 fully saturated rings. The van der Waals surface area contributed by atoms with Crippen LogP contribution in [0, 0.1) is 13.8 Å². The van der Waals surface area contributed by atoms with E-state index in [1.165, 1.54) is 4.90 Å². The van der Waals surface area contributed by atoms with Gasteiger partial charge in [0.1, 0.15) is 6.04 Å². The van der Waals surface area contributed by atoms with Gasteiger partial charge in [0.05, 0.1) is 0 Å². The fourth-order valence-electron chi connectivity index (χ4n) is 2.07. The predicted octanol–water partition coefficient (Wildman–Crippen LogP) is 1.43. The second kappa shape index (κ2) is 4.72. The highest BCUT2D eigenvalue weighted by molar-refractivity contribution is 5.35. The van der Waals surface area contributed by atoms with Crippen molar-refractivity contribution in [2.24, 2.45) is 0 Å². The fraction of sp³-hybridized carbons (Fsp3) is 0.636. The Labute approximate surface area is 103 Å². The molecule has 2 rings (SSSR count). The maximum Gasteiger partial charge on any atom is 0.410 e. The first-order chi connectivity index (χ1) is 8.38. The molecule has 4 nitrogen and oxygen atoms in total. The van der Waals surface area contributed by atoms with Crippen molar-refractivity contribution in [2.75, 3.05) is 24.5 Å². The second-order valence-corrected chi connectivity index (χ2v) is 4.41. The van der Waals surface area contributed by atoms with Gasteiger partial charge in [-0.15, -0.1) is 0 Å². The van der Waals surface area contributed by atoms with E-state index in [0.717, 1.165) is 0 Å². The molecule has 1 atom stereocenters. The number of nitrogens with zero attached hydrogens (tertiary/aromatic N) is 3. The van der Waals surface area contributed by atoms with E-state index in [1.807, 2.05) is 0 Å². The minimum Gasteiger partial charge on any atom is -0.326 e. The number of alkyl halides is 3. The number of anilines is 1. The van der Waals surface area contributed by atoms with Crippen molar-refractivity contribution in [1.82, 2.24) is 15.3 Å². The number of piperazine rings is 1. The minimum absolute atomic E-state index is 0.125. The fourth-order valence-corrected chi connectivity index (χ4v) is 2.07. The molecule has 7 heteroatoms. The van der Waals surface area contributed by atoms with Crippen LogP contribution in [0.25, 0.3) is 0 Å². The number of rotatable bonds is 1. The number of hydrogen-bond acceptors (Lipinski definition) is 4. The normalized spacial score (nSPS) is 21.2. The molecule has 1 N–H and O–H groups in total. The van der Waals surface area contributed by atoms with E-state index in [0.29, 0.717) is 17.9 Å². The molecule has 100 valence electrons. The van der Waals surface area contributed by atoms with E-state index < -0.39 is 12.2 Å². The maximum absolute atomic E-state index is 12.9. The van der Waals surface area contributed by atoms with Crippen molar-refractivity contribution >= 4 is 5.95 Å². The molecule has 0 spiro atoms. The molecule has 18 heavy (non-hydrogen) atoms. The highest BCUT2D eigenvalue weighted by atomic mass is 19.4. The van der Waals surface area contributed by atoms with E-state index in [2.05, 4.69) is 15.3 Å². The van der Waals surface area contributed by atoms with Crippen LogP contribution in [0.4, 0.5) is 19.1 Å².